The average molecular weight is 270 g/mol. The smallest absolute Gasteiger partial charge is 0.309 e. The summed E-state index contributed by atoms with van der Waals surface area (Å²) in [5.41, 5.74) is 2.47. The summed E-state index contributed by atoms with van der Waals surface area (Å²) in [6, 6.07) is -1.41. The lowest BCUT2D eigenvalue weighted by molar-refractivity contribution is -0.141. The Labute approximate surface area is 110 Å². The topological polar surface area (TPSA) is 93.2 Å². The molecule has 0 aliphatic carbocycles. The summed E-state index contributed by atoms with van der Waals surface area (Å²) in [7, 11) is 1.47. The zero-order chi connectivity index (χ0) is 14.2. The van der Waals surface area contributed by atoms with Crippen LogP contribution in [0.4, 0.5) is 4.79 Å². The Morgan fingerprint density at radius 1 is 1.47 bits per heavy atom. The fourth-order valence-corrected chi connectivity index (χ4v) is 2.46. The van der Waals surface area contributed by atoms with Crippen LogP contribution in [0.5, 0.6) is 0 Å². The molecule has 2 fully saturated rings. The van der Waals surface area contributed by atoms with Crippen LogP contribution in [-0.4, -0.2) is 63.7 Å². The predicted molar refractivity (Wildman–Crippen MR) is 63.7 cm³/mol. The molecule has 2 N–H and O–H groups in total. The lowest BCUT2D eigenvalue weighted by Crippen LogP contribution is -2.54. The van der Waals surface area contributed by atoms with E-state index < -0.39 is 18.0 Å². The quantitative estimate of drug-likeness (QED) is 0.524. The maximum Gasteiger partial charge on any atom is 0.344 e. The number of nitrogens with one attached hydrogen (secondary N) is 1. The first-order valence-corrected chi connectivity index (χ1v) is 6.31. The molecule has 0 spiro atoms. The molecule has 0 aromatic rings. The van der Waals surface area contributed by atoms with Gasteiger partial charge < -0.3 is 4.90 Å². The van der Waals surface area contributed by atoms with Crippen molar-refractivity contribution in [1.29, 1.82) is 0 Å². The third kappa shape index (κ3) is 2.35. The van der Waals surface area contributed by atoms with E-state index in [9.17, 15) is 19.6 Å². The molecule has 0 unspecified atom stereocenters. The average Bonchev–Trinajstić information content (AvgIpc) is 2.63. The van der Waals surface area contributed by atoms with Crippen molar-refractivity contribution in [2.75, 3.05) is 13.6 Å². The van der Waals surface area contributed by atoms with E-state index in [1.807, 2.05) is 0 Å². The van der Waals surface area contributed by atoms with E-state index in [1.54, 1.807) is 6.92 Å². The van der Waals surface area contributed by atoms with Crippen LogP contribution in [0.25, 0.3) is 0 Å². The Balaban J connectivity index is 2.00. The molecule has 0 radical (unpaired) electrons. The van der Waals surface area contributed by atoms with Crippen LogP contribution in [0.1, 0.15) is 26.2 Å². The van der Waals surface area contributed by atoms with Crippen LogP contribution < -0.4 is 5.43 Å². The maximum atomic E-state index is 12.1. The highest BCUT2D eigenvalue weighted by Crippen LogP contribution is 2.28. The van der Waals surface area contributed by atoms with Gasteiger partial charge in [-0.05, 0) is 12.8 Å². The Kier molecular flexibility index (Phi) is 3.61. The number of hydrogen-bond donors (Lipinski definition) is 2. The number of hydrazine groups is 1. The molecule has 8 nitrogen and oxygen atoms in total. The zero-order valence-electron chi connectivity index (χ0n) is 11.0. The van der Waals surface area contributed by atoms with Gasteiger partial charge >= 0.3 is 6.03 Å². The third-order valence-electron chi connectivity index (χ3n) is 3.60. The Morgan fingerprint density at radius 2 is 2.16 bits per heavy atom. The summed E-state index contributed by atoms with van der Waals surface area (Å²) >= 11 is 0. The fraction of sp³-hybridized carbons (Fsp3) is 0.727. The summed E-state index contributed by atoms with van der Waals surface area (Å²) < 4.78 is 0. The summed E-state index contributed by atoms with van der Waals surface area (Å²) in [5.74, 6) is -0.607. The second-order valence-electron chi connectivity index (χ2n) is 4.81. The van der Waals surface area contributed by atoms with E-state index in [0.29, 0.717) is 24.4 Å². The Bertz CT molecular complexity index is 413. The number of amides is 4. The van der Waals surface area contributed by atoms with Crippen LogP contribution >= 0.6 is 0 Å². The second kappa shape index (κ2) is 5.04. The highest BCUT2D eigenvalue weighted by atomic mass is 16.5. The number of hydrogen-bond acceptors (Lipinski definition) is 4. The van der Waals surface area contributed by atoms with Crippen molar-refractivity contribution in [2.24, 2.45) is 0 Å². The Hall–Kier alpha value is -1.83. The van der Waals surface area contributed by atoms with E-state index >= 15 is 0 Å². The maximum absolute atomic E-state index is 12.1. The molecule has 2 bridgehead atoms. The monoisotopic (exact) mass is 270 g/mol. The number of hydroxylamine groups is 2. The van der Waals surface area contributed by atoms with Crippen molar-refractivity contribution >= 4 is 17.8 Å². The number of carbonyl (C=O) groups is 3. The summed E-state index contributed by atoms with van der Waals surface area (Å²) in [4.78, 5) is 36.5. The van der Waals surface area contributed by atoms with Gasteiger partial charge in [0.15, 0.2) is 0 Å². The van der Waals surface area contributed by atoms with Crippen molar-refractivity contribution < 1.29 is 19.6 Å². The van der Waals surface area contributed by atoms with Gasteiger partial charge in [0, 0.05) is 20.0 Å². The Morgan fingerprint density at radius 3 is 2.79 bits per heavy atom. The number of urea groups is 1. The molecular formula is C11H18N4O4. The van der Waals surface area contributed by atoms with Crippen LogP contribution in [0, 0.1) is 0 Å². The standard InChI is InChI=1S/C11H18N4O4/c1-3-9(16)13(2)12-10(17)8-5-4-7-6-14(8)11(18)15(7)19/h7-8,19H,3-6H2,1-2H3,(H,12,17)/t7-,8-/m0/s1. The minimum atomic E-state index is -0.631. The van der Waals surface area contributed by atoms with Gasteiger partial charge in [0.25, 0.3) is 5.91 Å². The van der Waals surface area contributed by atoms with Crippen molar-refractivity contribution in [3.63, 3.8) is 0 Å². The van der Waals surface area contributed by atoms with E-state index in [4.69, 9.17) is 0 Å². The van der Waals surface area contributed by atoms with Gasteiger partial charge in [-0.1, -0.05) is 6.92 Å². The van der Waals surface area contributed by atoms with E-state index in [0.717, 1.165) is 5.01 Å². The van der Waals surface area contributed by atoms with Crippen molar-refractivity contribution in [3.8, 4) is 0 Å². The summed E-state index contributed by atoms with van der Waals surface area (Å²) in [6.07, 6.45) is 1.34. The zero-order valence-corrected chi connectivity index (χ0v) is 11.0. The first-order valence-electron chi connectivity index (χ1n) is 6.31. The van der Waals surface area contributed by atoms with Crippen LogP contribution in [-0.2, 0) is 9.59 Å². The van der Waals surface area contributed by atoms with Crippen molar-refractivity contribution in [1.82, 2.24) is 20.4 Å². The molecule has 8 heteroatoms. The molecule has 4 amide bonds. The van der Waals surface area contributed by atoms with Crippen molar-refractivity contribution in [3.05, 3.63) is 0 Å². The molecule has 0 aromatic carbocycles. The molecule has 2 rings (SSSR count). The first-order chi connectivity index (χ1) is 8.95. The molecule has 2 heterocycles. The fourth-order valence-electron chi connectivity index (χ4n) is 2.46. The molecule has 2 atom stereocenters. The summed E-state index contributed by atoms with van der Waals surface area (Å²) in [6.45, 7) is 2.04. The minimum absolute atomic E-state index is 0.210. The minimum Gasteiger partial charge on any atom is -0.309 e. The van der Waals surface area contributed by atoms with Crippen LogP contribution in [0.3, 0.4) is 0 Å². The number of nitrogens with zero attached hydrogens (tertiary/aromatic N) is 3. The van der Waals surface area contributed by atoms with Gasteiger partial charge in [-0.2, -0.15) is 0 Å². The molecule has 2 saturated heterocycles. The van der Waals surface area contributed by atoms with E-state index in [1.165, 1.54) is 11.9 Å². The molecule has 2 aliphatic rings. The third-order valence-corrected chi connectivity index (χ3v) is 3.60. The molecule has 0 saturated carbocycles. The molecular weight excluding hydrogens is 252 g/mol. The first kappa shape index (κ1) is 13.6. The number of fused-ring (bicyclic) bond motifs is 2. The normalized spacial score (nSPS) is 25.5. The highest BCUT2D eigenvalue weighted by Gasteiger charge is 2.46. The molecule has 19 heavy (non-hydrogen) atoms. The number of rotatable bonds is 2. The van der Waals surface area contributed by atoms with E-state index in [2.05, 4.69) is 5.43 Å². The molecule has 0 aromatic heterocycles. The van der Waals surface area contributed by atoms with Crippen LogP contribution in [0.2, 0.25) is 0 Å². The molecule has 2 aliphatic heterocycles. The predicted octanol–water partition coefficient (Wildman–Crippen LogP) is -0.456. The van der Waals surface area contributed by atoms with Gasteiger partial charge in [0.05, 0.1) is 6.04 Å². The lowest BCUT2D eigenvalue weighted by Gasteiger charge is -2.30. The largest absolute Gasteiger partial charge is 0.344 e. The van der Waals surface area contributed by atoms with Gasteiger partial charge in [0.1, 0.15) is 6.04 Å². The van der Waals surface area contributed by atoms with E-state index in [-0.39, 0.29) is 18.4 Å². The van der Waals surface area contributed by atoms with Gasteiger partial charge in [-0.25, -0.2) is 9.86 Å². The second-order valence-corrected chi connectivity index (χ2v) is 4.81. The highest BCUT2D eigenvalue weighted by molar-refractivity contribution is 5.89. The number of carbonyl (C=O) groups excluding carboxylic acids is 3. The SMILES string of the molecule is CCC(=O)N(C)NC(=O)[C@@H]1CC[C@H]2CN1C(=O)N2O. The van der Waals surface area contributed by atoms with Gasteiger partial charge in [-0.15, -0.1) is 0 Å². The van der Waals surface area contributed by atoms with Gasteiger partial charge in [-0.3, -0.25) is 25.2 Å². The van der Waals surface area contributed by atoms with Crippen molar-refractivity contribution in [2.45, 2.75) is 38.3 Å². The van der Waals surface area contributed by atoms with Gasteiger partial charge in [0.2, 0.25) is 5.91 Å². The molecule has 106 valence electrons. The number of piperidine rings is 1. The van der Waals surface area contributed by atoms with Crippen LogP contribution in [0.15, 0.2) is 0 Å². The summed E-state index contributed by atoms with van der Waals surface area (Å²) in [5, 5.41) is 11.3. The lowest BCUT2D eigenvalue weighted by atomic mass is 10.0.